The van der Waals surface area contributed by atoms with E-state index in [1.807, 2.05) is 38.1 Å². The quantitative estimate of drug-likeness (QED) is 0.776. The summed E-state index contributed by atoms with van der Waals surface area (Å²) in [6, 6.07) is 7.79. The standard InChI is InChI=1S/C13H16O3/c1-10-5-3-7-12(9-10)16-11(2)6-4-8-13(14)15/h3-5,7-9,11H,6H2,1-2H3,(H,14,15)/b8-4+. The third-order valence-electron chi connectivity index (χ3n) is 2.06. The Labute approximate surface area is 95.4 Å². The highest BCUT2D eigenvalue weighted by molar-refractivity contribution is 5.79. The smallest absolute Gasteiger partial charge is 0.327 e. The van der Waals surface area contributed by atoms with Crippen LogP contribution in [-0.4, -0.2) is 17.2 Å². The molecule has 0 saturated heterocycles. The fourth-order valence-electron chi connectivity index (χ4n) is 1.33. The summed E-state index contributed by atoms with van der Waals surface area (Å²) in [7, 11) is 0. The molecule has 0 fully saturated rings. The Bertz CT molecular complexity index is 383. The van der Waals surface area contributed by atoms with Crippen molar-refractivity contribution in [2.24, 2.45) is 0 Å². The van der Waals surface area contributed by atoms with Crippen molar-refractivity contribution in [3.8, 4) is 5.75 Å². The zero-order chi connectivity index (χ0) is 12.0. The van der Waals surface area contributed by atoms with Crippen LogP contribution >= 0.6 is 0 Å². The van der Waals surface area contributed by atoms with Gasteiger partial charge in [0.1, 0.15) is 5.75 Å². The average molecular weight is 220 g/mol. The predicted octanol–water partition coefficient (Wildman–Crippen LogP) is 2.79. The third kappa shape index (κ3) is 4.64. The average Bonchev–Trinajstić information content (AvgIpc) is 2.16. The minimum absolute atomic E-state index is 0.0302. The minimum Gasteiger partial charge on any atom is -0.490 e. The number of hydrogen-bond donors (Lipinski definition) is 1. The van der Waals surface area contributed by atoms with E-state index in [2.05, 4.69) is 0 Å². The Morgan fingerprint density at radius 1 is 1.56 bits per heavy atom. The van der Waals surface area contributed by atoms with Crippen molar-refractivity contribution in [2.75, 3.05) is 0 Å². The van der Waals surface area contributed by atoms with Gasteiger partial charge in [0.05, 0.1) is 6.10 Å². The summed E-state index contributed by atoms with van der Waals surface area (Å²) in [6.07, 6.45) is 3.29. The molecule has 0 aromatic heterocycles. The molecule has 0 aliphatic rings. The van der Waals surface area contributed by atoms with Gasteiger partial charge >= 0.3 is 5.97 Å². The van der Waals surface area contributed by atoms with Crippen LogP contribution in [0.2, 0.25) is 0 Å². The maximum Gasteiger partial charge on any atom is 0.327 e. The Morgan fingerprint density at radius 2 is 2.31 bits per heavy atom. The van der Waals surface area contributed by atoms with Crippen LogP contribution in [0.25, 0.3) is 0 Å². The van der Waals surface area contributed by atoms with E-state index in [4.69, 9.17) is 9.84 Å². The first-order valence-electron chi connectivity index (χ1n) is 5.20. The zero-order valence-corrected chi connectivity index (χ0v) is 9.51. The molecule has 3 heteroatoms. The monoisotopic (exact) mass is 220 g/mol. The van der Waals surface area contributed by atoms with E-state index in [9.17, 15) is 4.79 Å². The van der Waals surface area contributed by atoms with Gasteiger partial charge in [-0.25, -0.2) is 4.79 Å². The van der Waals surface area contributed by atoms with Crippen LogP contribution in [0, 0.1) is 6.92 Å². The highest BCUT2D eigenvalue weighted by Gasteiger charge is 2.02. The summed E-state index contributed by atoms with van der Waals surface area (Å²) in [5, 5.41) is 8.42. The Hall–Kier alpha value is -1.77. The molecular weight excluding hydrogens is 204 g/mol. The Kier molecular flexibility index (Phi) is 4.58. The van der Waals surface area contributed by atoms with E-state index in [1.165, 1.54) is 0 Å². The first kappa shape index (κ1) is 12.3. The van der Waals surface area contributed by atoms with E-state index < -0.39 is 5.97 Å². The molecule has 1 aromatic carbocycles. The van der Waals surface area contributed by atoms with Crippen molar-refractivity contribution in [3.05, 3.63) is 42.0 Å². The fraction of sp³-hybridized carbons (Fsp3) is 0.308. The van der Waals surface area contributed by atoms with Crippen LogP contribution < -0.4 is 4.74 Å². The molecule has 3 nitrogen and oxygen atoms in total. The summed E-state index contributed by atoms with van der Waals surface area (Å²) in [5.41, 5.74) is 1.14. The Balaban J connectivity index is 2.45. The maximum atomic E-state index is 10.3. The molecule has 0 aliphatic carbocycles. The normalized spacial score (nSPS) is 12.6. The van der Waals surface area contributed by atoms with E-state index in [1.54, 1.807) is 6.08 Å². The second-order valence-corrected chi connectivity index (χ2v) is 3.72. The number of carbonyl (C=O) groups is 1. The van der Waals surface area contributed by atoms with Gasteiger partial charge in [-0.2, -0.15) is 0 Å². The summed E-state index contributed by atoms with van der Waals surface area (Å²) < 4.78 is 5.63. The van der Waals surface area contributed by atoms with Crippen LogP contribution in [0.15, 0.2) is 36.4 Å². The SMILES string of the molecule is Cc1cccc(OC(C)C/C=C/C(=O)O)c1. The first-order valence-corrected chi connectivity index (χ1v) is 5.20. The zero-order valence-electron chi connectivity index (χ0n) is 9.51. The number of carboxylic acids is 1. The summed E-state index contributed by atoms with van der Waals surface area (Å²) in [5.74, 6) is -0.112. The topological polar surface area (TPSA) is 46.5 Å². The molecule has 0 aliphatic heterocycles. The molecule has 1 unspecified atom stereocenters. The number of benzene rings is 1. The summed E-state index contributed by atoms with van der Waals surface area (Å²) in [4.78, 5) is 10.3. The minimum atomic E-state index is -0.928. The molecule has 0 saturated carbocycles. The largest absolute Gasteiger partial charge is 0.490 e. The first-order chi connectivity index (χ1) is 7.58. The lowest BCUT2D eigenvalue weighted by atomic mass is 10.2. The van der Waals surface area contributed by atoms with Gasteiger partial charge in [-0.05, 0) is 31.5 Å². The van der Waals surface area contributed by atoms with E-state index in [0.717, 1.165) is 17.4 Å². The van der Waals surface area contributed by atoms with Gasteiger partial charge in [0.25, 0.3) is 0 Å². The molecular formula is C13H16O3. The van der Waals surface area contributed by atoms with Crippen molar-refractivity contribution >= 4 is 5.97 Å². The molecule has 0 bridgehead atoms. The number of rotatable bonds is 5. The molecule has 0 amide bonds. The van der Waals surface area contributed by atoms with Gasteiger partial charge in [0.15, 0.2) is 0 Å². The van der Waals surface area contributed by atoms with Gasteiger partial charge < -0.3 is 9.84 Å². The summed E-state index contributed by atoms with van der Waals surface area (Å²) in [6.45, 7) is 3.91. The van der Waals surface area contributed by atoms with E-state index in [-0.39, 0.29) is 6.10 Å². The van der Waals surface area contributed by atoms with Crippen molar-refractivity contribution in [1.29, 1.82) is 0 Å². The number of ether oxygens (including phenoxy) is 1. The van der Waals surface area contributed by atoms with Crippen LogP contribution in [0.5, 0.6) is 5.75 Å². The molecule has 0 heterocycles. The van der Waals surface area contributed by atoms with Crippen LogP contribution in [0.3, 0.4) is 0 Å². The molecule has 86 valence electrons. The maximum absolute atomic E-state index is 10.3. The van der Waals surface area contributed by atoms with Crippen LogP contribution in [0.4, 0.5) is 0 Å². The Morgan fingerprint density at radius 3 is 2.94 bits per heavy atom. The number of hydrogen-bond acceptors (Lipinski definition) is 2. The number of aliphatic carboxylic acids is 1. The van der Waals surface area contributed by atoms with Crippen molar-refractivity contribution < 1.29 is 14.6 Å². The lowest BCUT2D eigenvalue weighted by Gasteiger charge is -2.12. The summed E-state index contributed by atoms with van der Waals surface area (Å²) >= 11 is 0. The van der Waals surface area contributed by atoms with Crippen molar-refractivity contribution in [3.63, 3.8) is 0 Å². The van der Waals surface area contributed by atoms with Crippen molar-refractivity contribution in [1.82, 2.24) is 0 Å². The molecule has 16 heavy (non-hydrogen) atoms. The molecule has 1 rings (SSSR count). The number of carboxylic acid groups (broad SMARTS) is 1. The molecule has 0 spiro atoms. The highest BCUT2D eigenvalue weighted by atomic mass is 16.5. The van der Waals surface area contributed by atoms with Gasteiger partial charge in [-0.15, -0.1) is 0 Å². The van der Waals surface area contributed by atoms with Crippen molar-refractivity contribution in [2.45, 2.75) is 26.4 Å². The van der Waals surface area contributed by atoms with E-state index in [0.29, 0.717) is 6.42 Å². The lowest BCUT2D eigenvalue weighted by Crippen LogP contribution is -2.10. The second kappa shape index (κ2) is 5.95. The fourth-order valence-corrected chi connectivity index (χ4v) is 1.33. The van der Waals surface area contributed by atoms with E-state index >= 15 is 0 Å². The van der Waals surface area contributed by atoms with Crippen LogP contribution in [0.1, 0.15) is 18.9 Å². The predicted molar refractivity (Wildman–Crippen MR) is 62.7 cm³/mol. The van der Waals surface area contributed by atoms with Gasteiger partial charge in [0.2, 0.25) is 0 Å². The van der Waals surface area contributed by atoms with Gasteiger partial charge in [-0.3, -0.25) is 0 Å². The molecule has 1 aromatic rings. The third-order valence-corrected chi connectivity index (χ3v) is 2.06. The molecule has 1 atom stereocenters. The van der Waals surface area contributed by atoms with Gasteiger partial charge in [-0.1, -0.05) is 18.2 Å². The second-order valence-electron chi connectivity index (χ2n) is 3.72. The highest BCUT2D eigenvalue weighted by Crippen LogP contribution is 2.15. The van der Waals surface area contributed by atoms with Gasteiger partial charge in [0, 0.05) is 12.5 Å². The molecule has 0 radical (unpaired) electrons. The number of aryl methyl sites for hydroxylation is 1. The lowest BCUT2D eigenvalue weighted by molar-refractivity contribution is -0.131. The van der Waals surface area contributed by atoms with Crippen LogP contribution in [-0.2, 0) is 4.79 Å². The molecule has 1 N–H and O–H groups in total.